The number of nitrogens with zero attached hydrogens (tertiary/aromatic N) is 1. The van der Waals surface area contributed by atoms with Crippen molar-refractivity contribution in [2.45, 2.75) is 20.0 Å². The maximum Gasteiger partial charge on any atom is 0.247 e. The fourth-order valence-corrected chi connectivity index (χ4v) is 3.88. The highest BCUT2D eigenvalue weighted by Crippen LogP contribution is 2.18. The summed E-state index contributed by atoms with van der Waals surface area (Å²) in [6.07, 6.45) is 3.57. The second-order valence-corrected chi connectivity index (χ2v) is 7.66. The zero-order chi connectivity index (χ0) is 16.8. The van der Waals surface area contributed by atoms with Crippen LogP contribution in [0.3, 0.4) is 0 Å². The standard InChI is InChI=1S/C20H19NOS2/c1-16-5-2-6-17(13-16)9-10-20(22)21(14-18-7-3-11-23-18)15-19-8-4-12-24-19/h2-13H,14-15H2,1H3/b10-9+. The van der Waals surface area contributed by atoms with Crippen molar-refractivity contribution in [3.05, 3.63) is 86.2 Å². The minimum atomic E-state index is 0.0401. The third kappa shape index (κ3) is 4.66. The average Bonchev–Trinajstić information content (AvgIpc) is 3.26. The van der Waals surface area contributed by atoms with E-state index in [1.54, 1.807) is 28.7 Å². The first-order valence-electron chi connectivity index (χ1n) is 7.79. The van der Waals surface area contributed by atoms with Gasteiger partial charge in [0.15, 0.2) is 0 Å². The van der Waals surface area contributed by atoms with E-state index in [4.69, 9.17) is 0 Å². The molecule has 0 spiro atoms. The lowest BCUT2D eigenvalue weighted by Crippen LogP contribution is -2.27. The number of benzene rings is 1. The van der Waals surface area contributed by atoms with Crippen LogP contribution in [0.25, 0.3) is 6.08 Å². The highest BCUT2D eigenvalue weighted by Gasteiger charge is 2.13. The van der Waals surface area contributed by atoms with Gasteiger partial charge in [0.25, 0.3) is 0 Å². The minimum Gasteiger partial charge on any atom is -0.329 e. The zero-order valence-corrected chi connectivity index (χ0v) is 15.1. The Morgan fingerprint density at radius 1 is 1.00 bits per heavy atom. The van der Waals surface area contributed by atoms with Gasteiger partial charge < -0.3 is 4.90 Å². The molecule has 0 saturated carbocycles. The van der Waals surface area contributed by atoms with Gasteiger partial charge in [-0.3, -0.25) is 4.79 Å². The summed E-state index contributed by atoms with van der Waals surface area (Å²) in [4.78, 5) is 17.0. The van der Waals surface area contributed by atoms with E-state index < -0.39 is 0 Å². The summed E-state index contributed by atoms with van der Waals surface area (Å²) in [7, 11) is 0. The van der Waals surface area contributed by atoms with E-state index in [0.717, 1.165) is 5.56 Å². The smallest absolute Gasteiger partial charge is 0.247 e. The van der Waals surface area contributed by atoms with Gasteiger partial charge in [0.1, 0.15) is 0 Å². The van der Waals surface area contributed by atoms with E-state index in [2.05, 4.69) is 31.2 Å². The van der Waals surface area contributed by atoms with Gasteiger partial charge in [0.2, 0.25) is 5.91 Å². The Hall–Kier alpha value is -2.17. The van der Waals surface area contributed by atoms with Crippen LogP contribution in [0, 0.1) is 6.92 Å². The molecule has 1 aromatic carbocycles. The van der Waals surface area contributed by atoms with Crippen molar-refractivity contribution in [2.24, 2.45) is 0 Å². The molecule has 3 aromatic rings. The Morgan fingerprint density at radius 2 is 1.67 bits per heavy atom. The molecule has 4 heteroatoms. The molecule has 0 saturated heterocycles. The average molecular weight is 354 g/mol. The van der Waals surface area contributed by atoms with Crippen molar-refractivity contribution < 1.29 is 4.79 Å². The van der Waals surface area contributed by atoms with Gasteiger partial charge in [-0.1, -0.05) is 42.0 Å². The van der Waals surface area contributed by atoms with E-state index in [0.29, 0.717) is 13.1 Å². The molecule has 0 aliphatic heterocycles. The van der Waals surface area contributed by atoms with Crippen molar-refractivity contribution in [2.75, 3.05) is 0 Å². The van der Waals surface area contributed by atoms with Crippen molar-refractivity contribution in [1.82, 2.24) is 4.90 Å². The number of hydrogen-bond donors (Lipinski definition) is 0. The first-order chi connectivity index (χ1) is 11.7. The highest BCUT2D eigenvalue weighted by atomic mass is 32.1. The molecular formula is C20H19NOS2. The molecule has 0 atom stereocenters. The summed E-state index contributed by atoms with van der Waals surface area (Å²) in [6, 6.07) is 16.3. The van der Waals surface area contributed by atoms with Crippen molar-refractivity contribution in [1.29, 1.82) is 0 Å². The summed E-state index contributed by atoms with van der Waals surface area (Å²) in [5, 5.41) is 4.09. The minimum absolute atomic E-state index is 0.0401. The van der Waals surface area contributed by atoms with Gasteiger partial charge in [0, 0.05) is 15.8 Å². The molecule has 3 rings (SSSR count). The molecule has 0 bridgehead atoms. The summed E-state index contributed by atoms with van der Waals surface area (Å²) < 4.78 is 0. The van der Waals surface area contributed by atoms with Crippen LogP contribution in [0.4, 0.5) is 0 Å². The van der Waals surface area contributed by atoms with Crippen molar-refractivity contribution >= 4 is 34.7 Å². The maximum absolute atomic E-state index is 12.7. The Bertz CT molecular complexity index is 768. The van der Waals surface area contributed by atoms with Crippen LogP contribution in [0.1, 0.15) is 20.9 Å². The third-order valence-electron chi connectivity index (χ3n) is 3.63. The Morgan fingerprint density at radius 3 is 2.21 bits per heavy atom. The van der Waals surface area contributed by atoms with Crippen LogP contribution in [-0.2, 0) is 17.9 Å². The summed E-state index contributed by atoms with van der Waals surface area (Å²) in [6.45, 7) is 3.35. The fourth-order valence-electron chi connectivity index (χ4n) is 2.44. The second-order valence-electron chi connectivity index (χ2n) is 5.60. The lowest BCUT2D eigenvalue weighted by molar-refractivity contribution is -0.127. The summed E-state index contributed by atoms with van der Waals surface area (Å²) in [5.74, 6) is 0.0401. The molecule has 122 valence electrons. The second kappa shape index (κ2) is 8.08. The quantitative estimate of drug-likeness (QED) is 0.546. The SMILES string of the molecule is Cc1cccc(/C=C/C(=O)N(Cc2cccs2)Cc2cccs2)c1. The fraction of sp³-hybridized carbons (Fsp3) is 0.150. The molecular weight excluding hydrogens is 334 g/mol. The lowest BCUT2D eigenvalue weighted by atomic mass is 10.1. The maximum atomic E-state index is 12.7. The Labute approximate surface area is 150 Å². The molecule has 0 radical (unpaired) electrons. The monoisotopic (exact) mass is 353 g/mol. The number of carbonyl (C=O) groups excluding carboxylic acids is 1. The molecule has 0 aliphatic rings. The van der Waals surface area contributed by atoms with Gasteiger partial charge in [0.05, 0.1) is 13.1 Å². The number of hydrogen-bond acceptors (Lipinski definition) is 3. The molecule has 2 nitrogen and oxygen atoms in total. The van der Waals surface area contributed by atoms with Crippen LogP contribution in [0.5, 0.6) is 0 Å². The molecule has 2 aromatic heterocycles. The predicted molar refractivity (Wildman–Crippen MR) is 103 cm³/mol. The van der Waals surface area contributed by atoms with Crippen LogP contribution in [0.15, 0.2) is 65.4 Å². The topological polar surface area (TPSA) is 20.3 Å². The molecule has 0 N–H and O–H groups in total. The molecule has 1 amide bonds. The van der Waals surface area contributed by atoms with E-state index in [1.165, 1.54) is 15.3 Å². The third-order valence-corrected chi connectivity index (χ3v) is 5.35. The van der Waals surface area contributed by atoms with Gasteiger partial charge in [-0.25, -0.2) is 0 Å². The normalized spacial score (nSPS) is 11.0. The Balaban J connectivity index is 1.74. The van der Waals surface area contributed by atoms with Crippen LogP contribution in [-0.4, -0.2) is 10.8 Å². The zero-order valence-electron chi connectivity index (χ0n) is 13.5. The van der Waals surface area contributed by atoms with E-state index in [9.17, 15) is 4.79 Å². The van der Waals surface area contributed by atoms with Crippen LogP contribution < -0.4 is 0 Å². The van der Waals surface area contributed by atoms with Gasteiger partial charge in [-0.2, -0.15) is 0 Å². The van der Waals surface area contributed by atoms with E-state index >= 15 is 0 Å². The molecule has 0 fully saturated rings. The number of amides is 1. The number of aryl methyl sites for hydroxylation is 1. The number of carbonyl (C=O) groups is 1. The number of thiophene rings is 2. The van der Waals surface area contributed by atoms with Gasteiger partial charge in [-0.15, -0.1) is 22.7 Å². The first kappa shape index (κ1) is 16.7. The Kier molecular flexibility index (Phi) is 5.62. The largest absolute Gasteiger partial charge is 0.329 e. The van der Waals surface area contributed by atoms with E-state index in [-0.39, 0.29) is 5.91 Å². The van der Waals surface area contributed by atoms with E-state index in [1.807, 2.05) is 46.0 Å². The molecule has 0 unspecified atom stereocenters. The number of rotatable bonds is 6. The van der Waals surface area contributed by atoms with Crippen molar-refractivity contribution in [3.8, 4) is 0 Å². The summed E-state index contributed by atoms with van der Waals surface area (Å²) in [5.41, 5.74) is 2.24. The molecule has 24 heavy (non-hydrogen) atoms. The molecule has 0 aliphatic carbocycles. The van der Waals surface area contributed by atoms with Crippen LogP contribution in [0.2, 0.25) is 0 Å². The van der Waals surface area contributed by atoms with Crippen molar-refractivity contribution in [3.63, 3.8) is 0 Å². The highest BCUT2D eigenvalue weighted by molar-refractivity contribution is 7.10. The predicted octanol–water partition coefficient (Wildman–Crippen LogP) is 5.36. The summed E-state index contributed by atoms with van der Waals surface area (Å²) >= 11 is 3.37. The first-order valence-corrected chi connectivity index (χ1v) is 9.55. The van der Waals surface area contributed by atoms with Crippen LogP contribution >= 0.6 is 22.7 Å². The van der Waals surface area contributed by atoms with Gasteiger partial charge in [-0.05, 0) is 41.5 Å². The van der Waals surface area contributed by atoms with Gasteiger partial charge >= 0.3 is 0 Å². The lowest BCUT2D eigenvalue weighted by Gasteiger charge is -2.20. The molecule has 2 heterocycles.